The van der Waals surface area contributed by atoms with E-state index in [-0.39, 0.29) is 12.6 Å². The number of aliphatic hydroxyl groups is 1. The van der Waals surface area contributed by atoms with Crippen LogP contribution < -0.4 is 5.32 Å². The number of nitrogens with one attached hydrogen (secondary N) is 1. The zero-order valence-corrected chi connectivity index (χ0v) is 14.2. The summed E-state index contributed by atoms with van der Waals surface area (Å²) in [6.45, 7) is 4.77. The third kappa shape index (κ3) is 5.06. The van der Waals surface area contributed by atoms with Crippen molar-refractivity contribution in [3.63, 3.8) is 0 Å². The Balaban J connectivity index is 1.96. The number of nitrogens with zero attached hydrogens (tertiary/aromatic N) is 3. The molecule has 0 unspecified atom stereocenters. The number of amides is 2. The van der Waals surface area contributed by atoms with E-state index in [1.165, 1.54) is 0 Å². The van der Waals surface area contributed by atoms with Crippen molar-refractivity contribution < 1.29 is 14.3 Å². The lowest BCUT2D eigenvalue weighted by molar-refractivity contribution is 0.187. The zero-order chi connectivity index (χ0) is 17.4. The summed E-state index contributed by atoms with van der Waals surface area (Å²) in [6.07, 6.45) is 3.08. The number of hydrogen-bond acceptors (Lipinski definition) is 5. The first-order chi connectivity index (χ1) is 11.6. The Morgan fingerprint density at radius 3 is 2.54 bits per heavy atom. The molecule has 1 aromatic heterocycles. The predicted octanol–water partition coefficient (Wildman–Crippen LogP) is 3.06. The van der Waals surface area contributed by atoms with Crippen molar-refractivity contribution in [2.24, 2.45) is 0 Å². The van der Waals surface area contributed by atoms with E-state index in [0.29, 0.717) is 30.6 Å². The van der Waals surface area contributed by atoms with Crippen LogP contribution in [0.3, 0.4) is 0 Å². The first kappa shape index (κ1) is 17.9. The summed E-state index contributed by atoms with van der Waals surface area (Å²) < 4.78 is 5.37. The molecule has 2 amide bonds. The van der Waals surface area contributed by atoms with Crippen molar-refractivity contribution in [3.8, 4) is 11.5 Å². The number of urea groups is 1. The number of carbonyl (C=O) groups is 1. The average molecular weight is 332 g/mol. The van der Waals surface area contributed by atoms with Gasteiger partial charge in [-0.1, -0.05) is 19.8 Å². The maximum absolute atomic E-state index is 12.3. The van der Waals surface area contributed by atoms with Crippen LogP contribution >= 0.6 is 0 Å². The molecule has 0 fully saturated rings. The largest absolute Gasteiger partial charge is 0.421 e. The number of anilines is 1. The van der Waals surface area contributed by atoms with Gasteiger partial charge in [-0.25, -0.2) is 4.79 Å². The zero-order valence-electron chi connectivity index (χ0n) is 14.2. The summed E-state index contributed by atoms with van der Waals surface area (Å²) in [7, 11) is 0. The molecule has 130 valence electrons. The van der Waals surface area contributed by atoms with Gasteiger partial charge in [-0.2, -0.15) is 0 Å². The molecule has 0 aliphatic heterocycles. The Labute approximate surface area is 141 Å². The molecule has 0 saturated heterocycles. The Bertz CT molecular complexity index is 640. The molecular formula is C17H24N4O3. The molecule has 0 bridgehead atoms. The number of benzene rings is 1. The van der Waals surface area contributed by atoms with E-state index in [4.69, 9.17) is 9.52 Å². The molecule has 0 aliphatic rings. The molecule has 0 aliphatic carbocycles. The third-order valence-corrected chi connectivity index (χ3v) is 3.60. The van der Waals surface area contributed by atoms with Crippen LogP contribution in [0.25, 0.3) is 11.5 Å². The smallest absolute Gasteiger partial charge is 0.321 e. The third-order valence-electron chi connectivity index (χ3n) is 3.60. The summed E-state index contributed by atoms with van der Waals surface area (Å²) in [4.78, 5) is 13.9. The van der Waals surface area contributed by atoms with Gasteiger partial charge in [0.15, 0.2) is 0 Å². The minimum Gasteiger partial charge on any atom is -0.421 e. The number of aliphatic hydroxyl groups excluding tert-OH is 1. The van der Waals surface area contributed by atoms with E-state index in [9.17, 15) is 4.79 Å². The SMILES string of the molecule is CCCCCN(CCO)C(=O)Nc1ccc(-c2nnc(C)o2)cc1. The minimum atomic E-state index is -0.207. The van der Waals surface area contributed by atoms with Crippen molar-refractivity contribution in [1.29, 1.82) is 0 Å². The lowest BCUT2D eigenvalue weighted by atomic mass is 10.2. The molecular weight excluding hydrogens is 308 g/mol. The van der Waals surface area contributed by atoms with Gasteiger partial charge in [0.2, 0.25) is 11.8 Å². The Morgan fingerprint density at radius 2 is 1.96 bits per heavy atom. The Hall–Kier alpha value is -2.41. The fourth-order valence-electron chi connectivity index (χ4n) is 2.30. The van der Waals surface area contributed by atoms with Crippen LogP contribution in [0, 0.1) is 6.92 Å². The lowest BCUT2D eigenvalue weighted by Gasteiger charge is -2.22. The predicted molar refractivity (Wildman–Crippen MR) is 91.7 cm³/mol. The molecule has 2 aromatic rings. The second-order valence-corrected chi connectivity index (χ2v) is 5.55. The summed E-state index contributed by atoms with van der Waals surface area (Å²) in [6, 6.07) is 7.00. The van der Waals surface area contributed by atoms with Crippen molar-refractivity contribution in [1.82, 2.24) is 15.1 Å². The normalized spacial score (nSPS) is 10.6. The number of unbranched alkanes of at least 4 members (excludes halogenated alkanes) is 2. The van der Waals surface area contributed by atoms with Crippen LogP contribution in [0.1, 0.15) is 32.1 Å². The molecule has 7 heteroatoms. The molecule has 0 saturated carbocycles. The van der Waals surface area contributed by atoms with Gasteiger partial charge in [0.05, 0.1) is 6.61 Å². The lowest BCUT2D eigenvalue weighted by Crippen LogP contribution is -2.37. The van der Waals surface area contributed by atoms with E-state index < -0.39 is 0 Å². The molecule has 0 spiro atoms. The van der Waals surface area contributed by atoms with Gasteiger partial charge in [-0.05, 0) is 30.7 Å². The summed E-state index contributed by atoms with van der Waals surface area (Å²) in [5.74, 6) is 0.959. The van der Waals surface area contributed by atoms with Crippen LogP contribution in [0.4, 0.5) is 10.5 Å². The number of aromatic nitrogens is 2. The molecule has 1 aromatic carbocycles. The van der Waals surface area contributed by atoms with E-state index in [0.717, 1.165) is 24.8 Å². The first-order valence-electron chi connectivity index (χ1n) is 8.21. The number of aryl methyl sites for hydroxylation is 1. The van der Waals surface area contributed by atoms with E-state index in [2.05, 4.69) is 22.4 Å². The molecule has 1 heterocycles. The standard InChI is InChI=1S/C17H24N4O3/c1-3-4-5-10-21(11-12-22)17(23)18-15-8-6-14(7-9-15)16-20-19-13(2)24-16/h6-9,22H,3-5,10-12H2,1-2H3,(H,18,23). The first-order valence-corrected chi connectivity index (χ1v) is 8.21. The second-order valence-electron chi connectivity index (χ2n) is 5.55. The summed E-state index contributed by atoms with van der Waals surface area (Å²) in [5.41, 5.74) is 1.47. The van der Waals surface area contributed by atoms with Crippen LogP contribution in [-0.4, -0.2) is 45.9 Å². The van der Waals surface area contributed by atoms with Crippen LogP contribution in [0.5, 0.6) is 0 Å². The highest BCUT2D eigenvalue weighted by molar-refractivity contribution is 5.89. The maximum Gasteiger partial charge on any atom is 0.321 e. The molecule has 2 rings (SSSR count). The highest BCUT2D eigenvalue weighted by atomic mass is 16.4. The van der Waals surface area contributed by atoms with E-state index in [1.54, 1.807) is 24.0 Å². The van der Waals surface area contributed by atoms with Gasteiger partial charge in [-0.15, -0.1) is 10.2 Å². The summed E-state index contributed by atoms with van der Waals surface area (Å²) >= 11 is 0. The Morgan fingerprint density at radius 1 is 1.21 bits per heavy atom. The van der Waals surface area contributed by atoms with Gasteiger partial charge in [0.25, 0.3) is 0 Å². The van der Waals surface area contributed by atoms with Crippen LogP contribution in [0.15, 0.2) is 28.7 Å². The summed E-state index contributed by atoms with van der Waals surface area (Å²) in [5, 5.41) is 19.7. The van der Waals surface area contributed by atoms with Crippen LogP contribution in [-0.2, 0) is 0 Å². The number of rotatable bonds is 8. The second kappa shape index (κ2) is 9.02. The topological polar surface area (TPSA) is 91.5 Å². The molecule has 0 radical (unpaired) electrons. The van der Waals surface area contributed by atoms with Gasteiger partial charge in [-0.3, -0.25) is 0 Å². The van der Waals surface area contributed by atoms with Gasteiger partial charge in [0.1, 0.15) is 0 Å². The van der Waals surface area contributed by atoms with Crippen molar-refractivity contribution in [2.75, 3.05) is 25.0 Å². The number of carbonyl (C=O) groups excluding carboxylic acids is 1. The molecule has 7 nitrogen and oxygen atoms in total. The monoisotopic (exact) mass is 332 g/mol. The van der Waals surface area contributed by atoms with Gasteiger partial charge < -0.3 is 19.7 Å². The average Bonchev–Trinajstić information content (AvgIpc) is 3.01. The molecule has 2 N–H and O–H groups in total. The highest BCUT2D eigenvalue weighted by Gasteiger charge is 2.13. The van der Waals surface area contributed by atoms with Gasteiger partial charge in [0, 0.05) is 31.3 Å². The molecule has 24 heavy (non-hydrogen) atoms. The Kier molecular flexibility index (Phi) is 6.74. The van der Waals surface area contributed by atoms with E-state index in [1.807, 2.05) is 12.1 Å². The maximum atomic E-state index is 12.3. The molecule has 0 atom stereocenters. The highest BCUT2D eigenvalue weighted by Crippen LogP contribution is 2.20. The van der Waals surface area contributed by atoms with Crippen molar-refractivity contribution >= 4 is 11.7 Å². The minimum absolute atomic E-state index is 0.0466. The van der Waals surface area contributed by atoms with Crippen molar-refractivity contribution in [3.05, 3.63) is 30.2 Å². The van der Waals surface area contributed by atoms with E-state index >= 15 is 0 Å². The van der Waals surface area contributed by atoms with Gasteiger partial charge >= 0.3 is 6.03 Å². The fraction of sp³-hybridized carbons (Fsp3) is 0.471. The fourth-order valence-corrected chi connectivity index (χ4v) is 2.30. The van der Waals surface area contributed by atoms with Crippen molar-refractivity contribution in [2.45, 2.75) is 33.1 Å². The quantitative estimate of drug-likeness (QED) is 0.725. The van der Waals surface area contributed by atoms with Crippen LogP contribution in [0.2, 0.25) is 0 Å². The number of hydrogen-bond donors (Lipinski definition) is 2.